The molecule has 2 aliphatic rings. The van der Waals surface area contributed by atoms with Gasteiger partial charge in [0.25, 0.3) is 5.91 Å². The minimum Gasteiger partial charge on any atom is -0.463 e. The Labute approximate surface area is 252 Å². The second-order valence-electron chi connectivity index (χ2n) is 10.7. The Morgan fingerprint density at radius 1 is 0.881 bits per heavy atom. The molecule has 2 aliphatic heterocycles. The lowest BCUT2D eigenvalue weighted by atomic mass is 9.83. The van der Waals surface area contributed by atoms with Gasteiger partial charge in [0.05, 0.1) is 18.7 Å². The van der Waals surface area contributed by atoms with Gasteiger partial charge in [0.1, 0.15) is 0 Å². The number of rotatable bonds is 8. The number of ether oxygens (including phenoxy) is 1. The smallest absolute Gasteiger partial charge is 0.336 e. The van der Waals surface area contributed by atoms with Crippen LogP contribution in [0.25, 0.3) is 0 Å². The first-order valence-corrected chi connectivity index (χ1v) is 14.8. The summed E-state index contributed by atoms with van der Waals surface area (Å²) in [6, 6.07) is 25.1. The Bertz CT molecular complexity index is 1480. The largest absolute Gasteiger partial charge is 0.463 e. The average Bonchev–Trinajstić information content (AvgIpc) is 3.00. The van der Waals surface area contributed by atoms with Crippen LogP contribution in [-0.4, -0.2) is 65.3 Å². The van der Waals surface area contributed by atoms with E-state index in [0.717, 1.165) is 30.8 Å². The van der Waals surface area contributed by atoms with Gasteiger partial charge in [0.2, 0.25) is 5.91 Å². The molecular weight excluding hydrogens is 550 g/mol. The molecule has 0 N–H and O–H groups in total. The van der Waals surface area contributed by atoms with Gasteiger partial charge in [-0.05, 0) is 48.7 Å². The number of benzene rings is 3. The Morgan fingerprint density at radius 3 is 2.29 bits per heavy atom. The fraction of sp³-hybridized carbons (Fsp3) is 0.324. The summed E-state index contributed by atoms with van der Waals surface area (Å²) in [6.45, 7) is 7.83. The number of amides is 2. The Hall–Kier alpha value is -3.94. The van der Waals surface area contributed by atoms with E-state index in [2.05, 4.69) is 17.0 Å². The zero-order valence-electron chi connectivity index (χ0n) is 24.1. The van der Waals surface area contributed by atoms with Crippen molar-refractivity contribution >= 4 is 29.4 Å². The second-order valence-corrected chi connectivity index (χ2v) is 11.1. The molecule has 7 nitrogen and oxygen atoms in total. The predicted molar refractivity (Wildman–Crippen MR) is 163 cm³/mol. The lowest BCUT2D eigenvalue weighted by molar-refractivity contribution is -0.140. The topological polar surface area (TPSA) is 70.2 Å². The molecule has 42 heavy (non-hydrogen) atoms. The number of hydrogen-bond donors (Lipinski definition) is 0. The highest BCUT2D eigenvalue weighted by Gasteiger charge is 2.37. The summed E-state index contributed by atoms with van der Waals surface area (Å²) in [5, 5.41) is 0.505. The van der Waals surface area contributed by atoms with E-state index in [1.165, 1.54) is 5.56 Å². The van der Waals surface area contributed by atoms with E-state index in [4.69, 9.17) is 16.3 Å². The number of hydrogen-bond acceptors (Lipinski definition) is 5. The predicted octanol–water partition coefficient (Wildman–Crippen LogP) is 5.65. The van der Waals surface area contributed by atoms with Crippen LogP contribution in [0.4, 0.5) is 0 Å². The highest BCUT2D eigenvalue weighted by molar-refractivity contribution is 6.31. The molecule has 0 aromatic heterocycles. The van der Waals surface area contributed by atoms with E-state index >= 15 is 0 Å². The molecule has 0 spiro atoms. The summed E-state index contributed by atoms with van der Waals surface area (Å²) in [4.78, 5) is 45.9. The fourth-order valence-corrected chi connectivity index (χ4v) is 6.09. The van der Waals surface area contributed by atoms with Crippen molar-refractivity contribution in [2.45, 2.75) is 39.3 Å². The summed E-state index contributed by atoms with van der Waals surface area (Å²) >= 11 is 6.48. The van der Waals surface area contributed by atoms with Crippen molar-refractivity contribution in [2.24, 2.45) is 0 Å². The van der Waals surface area contributed by atoms with Crippen LogP contribution in [0.15, 0.2) is 90.1 Å². The lowest BCUT2D eigenvalue weighted by Gasteiger charge is -2.35. The number of esters is 1. The lowest BCUT2D eigenvalue weighted by Crippen LogP contribution is -2.48. The number of carbonyl (C=O) groups excluding carboxylic acids is 3. The maximum atomic E-state index is 13.5. The minimum absolute atomic E-state index is 0.0144. The highest BCUT2D eigenvalue weighted by Crippen LogP contribution is 2.40. The van der Waals surface area contributed by atoms with Crippen LogP contribution < -0.4 is 0 Å². The average molecular weight is 586 g/mol. The Kier molecular flexibility index (Phi) is 9.40. The van der Waals surface area contributed by atoms with Gasteiger partial charge in [-0.1, -0.05) is 72.3 Å². The number of carbonyl (C=O) groups is 3. The first-order chi connectivity index (χ1) is 20.4. The van der Waals surface area contributed by atoms with Gasteiger partial charge in [0, 0.05) is 61.3 Å². The monoisotopic (exact) mass is 585 g/mol. The molecule has 2 heterocycles. The summed E-state index contributed by atoms with van der Waals surface area (Å²) in [5.41, 5.74) is 4.38. The molecular formula is C34H36ClN3O4. The standard InChI is InChI=1S/C34H36ClN3O4/c1-3-42-34(41)32-24(2)38(31(39)21-29(32)28-14-7-8-15-30(28)35)23-26-12-9-13-27(20-26)33(40)37-18-16-36(17-19-37)22-25-10-5-4-6-11-25/h4-15,20,29H,3,16-19,21-23H2,1-2H3. The molecule has 8 heteroatoms. The van der Waals surface area contributed by atoms with Gasteiger partial charge in [-0.15, -0.1) is 0 Å². The minimum atomic E-state index is -0.491. The van der Waals surface area contributed by atoms with Crippen molar-refractivity contribution in [1.82, 2.24) is 14.7 Å². The molecule has 1 unspecified atom stereocenters. The number of piperazine rings is 1. The summed E-state index contributed by atoms with van der Waals surface area (Å²) < 4.78 is 5.40. The van der Waals surface area contributed by atoms with Crippen molar-refractivity contribution in [2.75, 3.05) is 32.8 Å². The fourth-order valence-electron chi connectivity index (χ4n) is 5.82. The van der Waals surface area contributed by atoms with Crippen molar-refractivity contribution in [3.05, 3.63) is 117 Å². The second kappa shape index (κ2) is 13.4. The SMILES string of the molecule is CCOC(=O)C1=C(C)N(Cc2cccc(C(=O)N3CCN(Cc4ccccc4)CC3)c2)C(=O)CC1c1ccccc1Cl. The normalized spacial score (nSPS) is 17.9. The van der Waals surface area contributed by atoms with Crippen molar-refractivity contribution < 1.29 is 19.1 Å². The number of nitrogens with zero attached hydrogens (tertiary/aromatic N) is 3. The molecule has 0 saturated carbocycles. The van der Waals surface area contributed by atoms with E-state index in [1.807, 2.05) is 65.6 Å². The van der Waals surface area contributed by atoms with Crippen molar-refractivity contribution in [3.63, 3.8) is 0 Å². The molecule has 2 amide bonds. The van der Waals surface area contributed by atoms with Gasteiger partial charge in [-0.25, -0.2) is 4.79 Å². The first kappa shape index (κ1) is 29.5. The van der Waals surface area contributed by atoms with E-state index < -0.39 is 11.9 Å². The molecule has 0 aliphatic carbocycles. The van der Waals surface area contributed by atoms with Crippen LogP contribution >= 0.6 is 11.6 Å². The molecule has 5 rings (SSSR count). The third kappa shape index (κ3) is 6.58. The van der Waals surface area contributed by atoms with Crippen LogP contribution in [-0.2, 0) is 27.4 Å². The first-order valence-electron chi connectivity index (χ1n) is 14.4. The highest BCUT2D eigenvalue weighted by atomic mass is 35.5. The third-order valence-corrected chi connectivity index (χ3v) is 8.37. The van der Waals surface area contributed by atoms with Crippen LogP contribution in [0.3, 0.4) is 0 Å². The molecule has 0 radical (unpaired) electrons. The quantitative estimate of drug-likeness (QED) is 0.320. The summed E-state index contributed by atoms with van der Waals surface area (Å²) in [6.07, 6.45) is 0.0983. The van der Waals surface area contributed by atoms with Gasteiger partial charge < -0.3 is 14.5 Å². The van der Waals surface area contributed by atoms with E-state index in [1.54, 1.807) is 24.8 Å². The molecule has 3 aromatic carbocycles. The third-order valence-electron chi connectivity index (χ3n) is 8.02. The van der Waals surface area contributed by atoms with Crippen molar-refractivity contribution in [1.29, 1.82) is 0 Å². The van der Waals surface area contributed by atoms with Crippen LogP contribution in [0.2, 0.25) is 5.02 Å². The van der Waals surface area contributed by atoms with E-state index in [-0.39, 0.29) is 31.4 Å². The molecule has 218 valence electrons. The molecule has 3 aromatic rings. The van der Waals surface area contributed by atoms with Gasteiger partial charge in [-0.2, -0.15) is 0 Å². The number of halogens is 1. The molecule has 1 saturated heterocycles. The zero-order chi connectivity index (χ0) is 29.6. The molecule has 0 bridgehead atoms. The van der Waals surface area contributed by atoms with Crippen molar-refractivity contribution in [3.8, 4) is 0 Å². The zero-order valence-corrected chi connectivity index (χ0v) is 24.8. The van der Waals surface area contributed by atoms with Crippen LogP contribution in [0, 0.1) is 0 Å². The van der Waals surface area contributed by atoms with Gasteiger partial charge >= 0.3 is 5.97 Å². The number of allylic oxidation sites excluding steroid dienone is 1. The van der Waals surface area contributed by atoms with Gasteiger partial charge in [0.15, 0.2) is 0 Å². The van der Waals surface area contributed by atoms with E-state index in [0.29, 0.717) is 34.9 Å². The van der Waals surface area contributed by atoms with Crippen LogP contribution in [0.5, 0.6) is 0 Å². The summed E-state index contributed by atoms with van der Waals surface area (Å²) in [7, 11) is 0. The molecule has 1 fully saturated rings. The maximum absolute atomic E-state index is 13.5. The van der Waals surface area contributed by atoms with Crippen LogP contribution in [0.1, 0.15) is 53.2 Å². The Balaban J connectivity index is 1.31. The Morgan fingerprint density at radius 2 is 1.57 bits per heavy atom. The van der Waals surface area contributed by atoms with Gasteiger partial charge in [-0.3, -0.25) is 14.5 Å². The van der Waals surface area contributed by atoms with E-state index in [9.17, 15) is 14.4 Å². The molecule has 1 atom stereocenters. The maximum Gasteiger partial charge on any atom is 0.336 e. The summed E-state index contributed by atoms with van der Waals surface area (Å²) in [5.74, 6) is -1.07.